The molecule has 0 spiro atoms. The summed E-state index contributed by atoms with van der Waals surface area (Å²) in [6.07, 6.45) is 0. The SMILES string of the molecule is C=C1OB(c2ccc(NC(C)=O)cc2)OC1(C)C. The molecule has 1 heterocycles. The monoisotopic (exact) mass is 245 g/mol. The predicted octanol–water partition coefficient (Wildman–Crippen LogP) is 1.68. The highest BCUT2D eigenvalue weighted by atomic mass is 16.7. The Morgan fingerprint density at radius 3 is 2.39 bits per heavy atom. The lowest BCUT2D eigenvalue weighted by atomic mass is 9.79. The third-order valence-electron chi connectivity index (χ3n) is 2.83. The molecule has 5 heteroatoms. The topological polar surface area (TPSA) is 47.6 Å². The van der Waals surface area contributed by atoms with E-state index in [2.05, 4.69) is 11.9 Å². The molecule has 1 fully saturated rings. The molecule has 0 aromatic heterocycles. The van der Waals surface area contributed by atoms with Crippen molar-refractivity contribution < 1.29 is 14.1 Å². The van der Waals surface area contributed by atoms with E-state index in [1.54, 1.807) is 0 Å². The van der Waals surface area contributed by atoms with Crippen LogP contribution < -0.4 is 10.8 Å². The number of hydrogen-bond donors (Lipinski definition) is 1. The van der Waals surface area contributed by atoms with Crippen LogP contribution in [0.2, 0.25) is 0 Å². The van der Waals surface area contributed by atoms with Crippen LogP contribution >= 0.6 is 0 Å². The molecular weight excluding hydrogens is 229 g/mol. The van der Waals surface area contributed by atoms with E-state index in [0.29, 0.717) is 5.76 Å². The molecule has 94 valence electrons. The Morgan fingerprint density at radius 1 is 1.33 bits per heavy atom. The van der Waals surface area contributed by atoms with Crippen LogP contribution in [0.5, 0.6) is 0 Å². The van der Waals surface area contributed by atoms with Gasteiger partial charge in [0.2, 0.25) is 5.91 Å². The Bertz CT molecular complexity index is 482. The summed E-state index contributed by atoms with van der Waals surface area (Å²) in [5.41, 5.74) is 1.18. The van der Waals surface area contributed by atoms with E-state index >= 15 is 0 Å². The molecule has 1 aliphatic heterocycles. The van der Waals surface area contributed by atoms with Crippen molar-refractivity contribution in [2.45, 2.75) is 26.4 Å². The van der Waals surface area contributed by atoms with E-state index in [0.717, 1.165) is 11.2 Å². The standard InChI is InChI=1S/C13H16BNO3/c1-9-13(3,4)18-14(17-9)11-5-7-12(8-6-11)15-10(2)16/h5-8H,1H2,2-4H3,(H,15,16). The normalized spacial score (nSPS) is 17.5. The number of carbonyl (C=O) groups is 1. The summed E-state index contributed by atoms with van der Waals surface area (Å²) < 4.78 is 11.3. The Morgan fingerprint density at radius 2 is 1.94 bits per heavy atom. The van der Waals surface area contributed by atoms with Gasteiger partial charge in [-0.1, -0.05) is 18.7 Å². The van der Waals surface area contributed by atoms with Crippen molar-refractivity contribution in [3.05, 3.63) is 36.6 Å². The van der Waals surface area contributed by atoms with Crippen LogP contribution in [0.4, 0.5) is 5.69 Å². The number of rotatable bonds is 2. The van der Waals surface area contributed by atoms with Crippen LogP contribution in [0.15, 0.2) is 36.6 Å². The highest BCUT2D eigenvalue weighted by Crippen LogP contribution is 2.29. The summed E-state index contributed by atoms with van der Waals surface area (Å²) in [5.74, 6) is 0.532. The number of hydrogen-bond acceptors (Lipinski definition) is 3. The summed E-state index contributed by atoms with van der Waals surface area (Å²) in [5, 5.41) is 2.71. The maximum Gasteiger partial charge on any atom is 0.563 e. The van der Waals surface area contributed by atoms with Gasteiger partial charge in [-0.05, 0) is 31.4 Å². The lowest BCUT2D eigenvalue weighted by molar-refractivity contribution is -0.114. The van der Waals surface area contributed by atoms with Crippen LogP contribution in [-0.4, -0.2) is 18.6 Å². The van der Waals surface area contributed by atoms with Gasteiger partial charge >= 0.3 is 7.12 Å². The van der Waals surface area contributed by atoms with Crippen LogP contribution in [0, 0.1) is 0 Å². The van der Waals surface area contributed by atoms with Crippen molar-refractivity contribution in [1.29, 1.82) is 0 Å². The zero-order chi connectivity index (χ0) is 13.3. The minimum Gasteiger partial charge on any atom is -0.534 e. The summed E-state index contributed by atoms with van der Waals surface area (Å²) >= 11 is 0. The smallest absolute Gasteiger partial charge is 0.534 e. The van der Waals surface area contributed by atoms with Crippen LogP contribution in [-0.2, 0) is 14.1 Å². The minimum atomic E-state index is -0.471. The fraction of sp³-hybridized carbons (Fsp3) is 0.308. The van der Waals surface area contributed by atoms with Gasteiger partial charge in [-0.3, -0.25) is 4.79 Å². The molecular formula is C13H16BNO3. The molecule has 0 aliphatic carbocycles. The van der Waals surface area contributed by atoms with Gasteiger partial charge in [-0.2, -0.15) is 0 Å². The average Bonchev–Trinajstić information content (AvgIpc) is 2.54. The fourth-order valence-electron chi connectivity index (χ4n) is 1.69. The first-order chi connectivity index (χ1) is 8.38. The largest absolute Gasteiger partial charge is 0.563 e. The van der Waals surface area contributed by atoms with Crippen molar-refractivity contribution in [2.24, 2.45) is 0 Å². The average molecular weight is 245 g/mol. The van der Waals surface area contributed by atoms with Crippen LogP contribution in [0.25, 0.3) is 0 Å². The van der Waals surface area contributed by atoms with Crippen molar-refractivity contribution >= 4 is 24.2 Å². The summed E-state index contributed by atoms with van der Waals surface area (Å²) in [6, 6.07) is 7.37. The van der Waals surface area contributed by atoms with E-state index in [1.807, 2.05) is 38.1 Å². The van der Waals surface area contributed by atoms with Gasteiger partial charge < -0.3 is 14.6 Å². The van der Waals surface area contributed by atoms with Crippen LogP contribution in [0.3, 0.4) is 0 Å². The second-order valence-electron chi connectivity index (χ2n) is 4.80. The maximum atomic E-state index is 10.9. The van der Waals surface area contributed by atoms with Crippen molar-refractivity contribution in [1.82, 2.24) is 0 Å². The second kappa shape index (κ2) is 4.50. The molecule has 0 unspecified atom stereocenters. The zero-order valence-corrected chi connectivity index (χ0v) is 10.8. The van der Waals surface area contributed by atoms with E-state index in [-0.39, 0.29) is 5.91 Å². The highest BCUT2D eigenvalue weighted by molar-refractivity contribution is 6.62. The van der Waals surface area contributed by atoms with Gasteiger partial charge in [0, 0.05) is 12.6 Å². The molecule has 2 rings (SSSR count). The summed E-state index contributed by atoms with van der Waals surface area (Å²) in [6.45, 7) is 9.15. The number of benzene rings is 1. The maximum absolute atomic E-state index is 10.9. The minimum absolute atomic E-state index is 0.0920. The van der Waals surface area contributed by atoms with E-state index in [1.165, 1.54) is 6.92 Å². The number of nitrogens with one attached hydrogen (secondary N) is 1. The lowest BCUT2D eigenvalue weighted by Crippen LogP contribution is -2.34. The molecule has 1 aromatic rings. The zero-order valence-electron chi connectivity index (χ0n) is 10.8. The third-order valence-corrected chi connectivity index (χ3v) is 2.83. The lowest BCUT2D eigenvalue weighted by Gasteiger charge is -2.15. The third kappa shape index (κ3) is 2.56. The second-order valence-corrected chi connectivity index (χ2v) is 4.80. The quantitative estimate of drug-likeness (QED) is 0.806. The fourth-order valence-corrected chi connectivity index (χ4v) is 1.69. The molecule has 0 atom stereocenters. The molecule has 0 radical (unpaired) electrons. The van der Waals surface area contributed by atoms with Crippen molar-refractivity contribution in [3.63, 3.8) is 0 Å². The van der Waals surface area contributed by atoms with Gasteiger partial charge in [0.25, 0.3) is 0 Å². The molecule has 1 aromatic carbocycles. The van der Waals surface area contributed by atoms with Gasteiger partial charge in [0.05, 0.1) is 5.76 Å². The Kier molecular flexibility index (Phi) is 3.17. The molecule has 1 amide bonds. The van der Waals surface area contributed by atoms with E-state index in [9.17, 15) is 4.79 Å². The van der Waals surface area contributed by atoms with Gasteiger partial charge in [0.1, 0.15) is 5.60 Å². The number of carbonyl (C=O) groups excluding carboxylic acids is 1. The van der Waals surface area contributed by atoms with E-state index < -0.39 is 12.7 Å². The first-order valence-electron chi connectivity index (χ1n) is 5.80. The van der Waals surface area contributed by atoms with Gasteiger partial charge in [-0.15, -0.1) is 0 Å². The molecule has 1 saturated heterocycles. The predicted molar refractivity (Wildman–Crippen MR) is 71.5 cm³/mol. The van der Waals surface area contributed by atoms with E-state index in [4.69, 9.17) is 9.31 Å². The Labute approximate surface area is 107 Å². The Balaban J connectivity index is 2.12. The van der Waals surface area contributed by atoms with Crippen molar-refractivity contribution in [3.8, 4) is 0 Å². The first kappa shape index (κ1) is 12.7. The summed E-state index contributed by atoms with van der Waals surface area (Å²) in [7, 11) is -0.432. The van der Waals surface area contributed by atoms with Crippen LogP contribution in [0.1, 0.15) is 20.8 Å². The Hall–Kier alpha value is -1.75. The summed E-state index contributed by atoms with van der Waals surface area (Å²) in [4.78, 5) is 10.9. The first-order valence-corrected chi connectivity index (χ1v) is 5.80. The van der Waals surface area contributed by atoms with Gasteiger partial charge in [0.15, 0.2) is 0 Å². The highest BCUT2D eigenvalue weighted by Gasteiger charge is 2.42. The molecule has 0 saturated carbocycles. The molecule has 1 N–H and O–H groups in total. The molecule has 18 heavy (non-hydrogen) atoms. The van der Waals surface area contributed by atoms with Gasteiger partial charge in [-0.25, -0.2) is 0 Å². The number of amides is 1. The number of anilines is 1. The van der Waals surface area contributed by atoms with Crippen molar-refractivity contribution in [2.75, 3.05) is 5.32 Å². The molecule has 0 bridgehead atoms. The molecule has 4 nitrogen and oxygen atoms in total. The molecule has 1 aliphatic rings.